The third-order valence-corrected chi connectivity index (χ3v) is 5.12. The number of benzene rings is 2. The number of halogens is 1. The Kier molecular flexibility index (Phi) is 5.50. The van der Waals surface area contributed by atoms with Gasteiger partial charge in [0, 0.05) is 10.0 Å². The largest absolute Gasteiger partial charge is 0.494 e. The van der Waals surface area contributed by atoms with Crippen molar-refractivity contribution in [2.24, 2.45) is 0 Å². The van der Waals surface area contributed by atoms with Crippen LogP contribution in [0.2, 0.25) is 0 Å². The second-order valence-corrected chi connectivity index (χ2v) is 7.04. The quantitative estimate of drug-likeness (QED) is 0.448. The van der Waals surface area contributed by atoms with Gasteiger partial charge in [0.25, 0.3) is 0 Å². The Morgan fingerprint density at radius 1 is 1.28 bits per heavy atom. The average molecular weight is 419 g/mol. The highest BCUT2D eigenvalue weighted by molar-refractivity contribution is 9.10. The van der Waals surface area contributed by atoms with Gasteiger partial charge in [-0.15, -0.1) is 5.10 Å². The number of tetrazole rings is 1. The topological polar surface area (TPSA) is 69.9 Å². The smallest absolute Gasteiger partial charge is 0.214 e. The Hall–Kier alpha value is -2.19. The van der Waals surface area contributed by atoms with Gasteiger partial charge in [-0.2, -0.15) is 4.68 Å². The molecule has 0 bridgehead atoms. The molecule has 3 aromatic rings. The van der Waals surface area contributed by atoms with Crippen molar-refractivity contribution in [1.82, 2.24) is 20.2 Å². The molecule has 0 radical (unpaired) electrons. The van der Waals surface area contributed by atoms with Gasteiger partial charge in [-0.25, -0.2) is 0 Å². The van der Waals surface area contributed by atoms with Crippen molar-refractivity contribution in [2.75, 3.05) is 12.9 Å². The molecule has 0 N–H and O–H groups in total. The van der Waals surface area contributed by atoms with E-state index < -0.39 is 0 Å². The van der Waals surface area contributed by atoms with Crippen LogP contribution in [-0.2, 0) is 0 Å². The van der Waals surface area contributed by atoms with Crippen molar-refractivity contribution in [3.8, 4) is 11.4 Å². The number of ether oxygens (including phenoxy) is 1. The molecule has 1 aromatic heterocycles. The highest BCUT2D eigenvalue weighted by Crippen LogP contribution is 2.27. The molecule has 0 atom stereocenters. The molecule has 0 unspecified atom stereocenters. The van der Waals surface area contributed by atoms with Crippen molar-refractivity contribution in [3.05, 3.63) is 58.1 Å². The first-order valence-electron chi connectivity index (χ1n) is 7.44. The number of ketones is 1. The van der Waals surface area contributed by atoms with Crippen LogP contribution in [0.4, 0.5) is 0 Å². The summed E-state index contributed by atoms with van der Waals surface area (Å²) in [6.07, 6.45) is 0. The summed E-state index contributed by atoms with van der Waals surface area (Å²) in [4.78, 5) is 12.4. The molecule has 0 saturated carbocycles. The second-order valence-electron chi connectivity index (χ2n) is 5.24. The minimum atomic E-state index is 0.00299. The first-order chi connectivity index (χ1) is 12.1. The van der Waals surface area contributed by atoms with Gasteiger partial charge in [0.05, 0.1) is 12.9 Å². The number of rotatable bonds is 6. The van der Waals surface area contributed by atoms with Gasteiger partial charge in [-0.05, 0) is 41.1 Å². The summed E-state index contributed by atoms with van der Waals surface area (Å²) in [7, 11) is 1.60. The van der Waals surface area contributed by atoms with Crippen LogP contribution in [0.1, 0.15) is 15.9 Å². The molecular weight excluding hydrogens is 404 g/mol. The molecule has 0 spiro atoms. The summed E-state index contributed by atoms with van der Waals surface area (Å²) in [5.74, 6) is 0.900. The molecule has 0 fully saturated rings. The highest BCUT2D eigenvalue weighted by Gasteiger charge is 2.16. The van der Waals surface area contributed by atoms with E-state index in [-0.39, 0.29) is 11.5 Å². The number of carbonyl (C=O) groups is 1. The number of carbonyl (C=O) groups excluding carboxylic acids is 1. The summed E-state index contributed by atoms with van der Waals surface area (Å²) >= 11 is 4.69. The van der Waals surface area contributed by atoms with Gasteiger partial charge >= 0.3 is 0 Å². The number of aromatic nitrogens is 4. The average Bonchev–Trinajstić information content (AvgIpc) is 3.08. The lowest BCUT2D eigenvalue weighted by molar-refractivity contribution is 0.102. The zero-order valence-electron chi connectivity index (χ0n) is 13.6. The molecule has 0 aliphatic heterocycles. The van der Waals surface area contributed by atoms with Gasteiger partial charge in [-0.3, -0.25) is 4.79 Å². The summed E-state index contributed by atoms with van der Waals surface area (Å²) in [6, 6.07) is 13.1. The number of Topliss-reactive ketones (excluding diaryl/α,β-unsaturated/α-hetero) is 1. The first-order valence-corrected chi connectivity index (χ1v) is 9.22. The lowest BCUT2D eigenvalue weighted by Gasteiger charge is -2.10. The minimum Gasteiger partial charge on any atom is -0.494 e. The van der Waals surface area contributed by atoms with E-state index in [1.54, 1.807) is 17.9 Å². The Bertz CT molecular complexity index is 913. The molecule has 0 aliphatic rings. The number of aryl methyl sites for hydroxylation is 1. The van der Waals surface area contributed by atoms with Crippen molar-refractivity contribution in [3.63, 3.8) is 0 Å². The molecule has 25 heavy (non-hydrogen) atoms. The van der Waals surface area contributed by atoms with Crippen molar-refractivity contribution in [2.45, 2.75) is 12.1 Å². The Morgan fingerprint density at radius 2 is 2.08 bits per heavy atom. The monoisotopic (exact) mass is 418 g/mol. The molecule has 8 heteroatoms. The maximum Gasteiger partial charge on any atom is 0.214 e. The van der Waals surface area contributed by atoms with Crippen molar-refractivity contribution in [1.29, 1.82) is 0 Å². The van der Waals surface area contributed by atoms with E-state index >= 15 is 0 Å². The fraction of sp³-hybridized carbons (Fsp3) is 0.176. The third-order valence-electron chi connectivity index (χ3n) is 3.51. The third kappa shape index (κ3) is 3.91. The number of nitrogens with zero attached hydrogens (tertiary/aromatic N) is 4. The molecule has 1 heterocycles. The molecule has 0 amide bonds. The summed E-state index contributed by atoms with van der Waals surface area (Å²) in [5.41, 5.74) is 2.44. The molecule has 2 aromatic carbocycles. The van der Waals surface area contributed by atoms with E-state index in [0.717, 1.165) is 15.7 Å². The fourth-order valence-corrected chi connectivity index (χ4v) is 3.55. The number of hydrogen-bond donors (Lipinski definition) is 0. The summed E-state index contributed by atoms with van der Waals surface area (Å²) in [6.45, 7) is 1.98. The van der Waals surface area contributed by atoms with Gasteiger partial charge in [0.2, 0.25) is 5.16 Å². The highest BCUT2D eigenvalue weighted by atomic mass is 79.9. The molecule has 0 saturated heterocycles. The van der Waals surface area contributed by atoms with Crippen LogP contribution < -0.4 is 4.74 Å². The van der Waals surface area contributed by atoms with Crippen LogP contribution in [0.3, 0.4) is 0 Å². The predicted octanol–water partition coefficient (Wildman–Crippen LogP) is 3.72. The first kappa shape index (κ1) is 17.6. The van der Waals surface area contributed by atoms with Crippen molar-refractivity contribution >= 4 is 33.5 Å². The Labute approximate surface area is 157 Å². The van der Waals surface area contributed by atoms with Crippen LogP contribution in [0.15, 0.2) is 52.1 Å². The maximum atomic E-state index is 12.4. The molecule has 3 rings (SSSR count). The Morgan fingerprint density at radius 3 is 2.84 bits per heavy atom. The van der Waals surface area contributed by atoms with Crippen LogP contribution in [0.25, 0.3) is 5.69 Å². The van der Waals surface area contributed by atoms with Crippen molar-refractivity contribution < 1.29 is 9.53 Å². The lowest BCUT2D eigenvalue weighted by Crippen LogP contribution is -2.06. The van der Waals surface area contributed by atoms with Gasteiger partial charge in [0.15, 0.2) is 5.78 Å². The van der Waals surface area contributed by atoms with Crippen LogP contribution in [0.5, 0.6) is 5.75 Å². The predicted molar refractivity (Wildman–Crippen MR) is 99.6 cm³/mol. The van der Waals surface area contributed by atoms with Gasteiger partial charge in [0.1, 0.15) is 11.4 Å². The zero-order chi connectivity index (χ0) is 17.8. The summed E-state index contributed by atoms with van der Waals surface area (Å²) in [5, 5.41) is 12.3. The lowest BCUT2D eigenvalue weighted by atomic mass is 10.1. The Balaban J connectivity index is 1.83. The van der Waals surface area contributed by atoms with E-state index in [4.69, 9.17) is 4.74 Å². The second kappa shape index (κ2) is 7.79. The van der Waals surface area contributed by atoms with E-state index in [9.17, 15) is 4.79 Å². The zero-order valence-corrected chi connectivity index (χ0v) is 16.0. The van der Waals surface area contributed by atoms with Gasteiger partial charge < -0.3 is 4.74 Å². The summed E-state index contributed by atoms with van der Waals surface area (Å²) < 4.78 is 7.76. The number of methoxy groups -OCH3 is 1. The van der Waals surface area contributed by atoms with Crippen LogP contribution in [-0.4, -0.2) is 38.9 Å². The van der Waals surface area contributed by atoms with Crippen LogP contribution >= 0.6 is 27.7 Å². The van der Waals surface area contributed by atoms with E-state index in [0.29, 0.717) is 16.5 Å². The molecule has 128 valence electrons. The maximum absolute atomic E-state index is 12.4. The SMILES string of the molecule is COc1ccc(C)cc1-n1nnnc1SCC(=O)c1ccccc1Br. The normalized spacial score (nSPS) is 10.7. The molecule has 0 aliphatic carbocycles. The fourth-order valence-electron chi connectivity index (χ4n) is 2.28. The minimum absolute atomic E-state index is 0.00299. The molecular formula is C17H15BrN4O2S. The van der Waals surface area contributed by atoms with Gasteiger partial charge in [-0.1, -0.05) is 52.0 Å². The van der Waals surface area contributed by atoms with E-state index in [1.807, 2.05) is 43.3 Å². The number of thioether (sulfide) groups is 1. The van der Waals surface area contributed by atoms with E-state index in [1.165, 1.54) is 11.8 Å². The standard InChI is InChI=1S/C17H15BrN4O2S/c1-11-7-8-16(24-2)14(9-11)22-17(19-20-21-22)25-10-15(23)12-5-3-4-6-13(12)18/h3-9H,10H2,1-2H3. The number of hydrogen-bond acceptors (Lipinski definition) is 6. The van der Waals surface area contributed by atoms with E-state index in [2.05, 4.69) is 31.5 Å². The molecule has 6 nitrogen and oxygen atoms in total. The van der Waals surface area contributed by atoms with Crippen LogP contribution in [0, 0.1) is 6.92 Å².